The third kappa shape index (κ3) is 20.8. The van der Waals surface area contributed by atoms with Crippen LogP contribution in [-0.4, -0.2) is 29.5 Å². The van der Waals surface area contributed by atoms with Crippen LogP contribution in [0.5, 0.6) is 0 Å². The number of carbonyl (C=O) groups is 3. The molecule has 0 atom stereocenters. The van der Waals surface area contributed by atoms with E-state index in [1.165, 1.54) is 31.1 Å². The molecule has 0 aromatic rings. The molecule has 0 N–H and O–H groups in total. The highest BCUT2D eigenvalue weighted by molar-refractivity contribution is 5.95. The lowest BCUT2D eigenvalue weighted by molar-refractivity contribution is -0.145. The van der Waals surface area contributed by atoms with Gasteiger partial charge in [0.05, 0.1) is 0 Å². The molecule has 0 aromatic heterocycles. The van der Waals surface area contributed by atoms with E-state index in [2.05, 4.69) is 34.6 Å². The summed E-state index contributed by atoms with van der Waals surface area (Å²) >= 11 is 0. The van der Waals surface area contributed by atoms with E-state index >= 15 is 0 Å². The van der Waals surface area contributed by atoms with E-state index < -0.39 is 0 Å². The normalized spacial score (nSPS) is 9.33. The Kier molecular flexibility index (Phi) is 25.1. The second-order valence-electron chi connectivity index (χ2n) is 6.23. The molecular formula is C20H41NO3. The summed E-state index contributed by atoms with van der Waals surface area (Å²) in [5.74, 6) is 0.486. The Morgan fingerprint density at radius 3 is 1.83 bits per heavy atom. The summed E-state index contributed by atoms with van der Waals surface area (Å²) in [4.78, 5) is 34.1. The van der Waals surface area contributed by atoms with Crippen molar-refractivity contribution in [3.05, 3.63) is 0 Å². The number of imide groups is 1. The maximum Gasteiger partial charge on any atom is 0.229 e. The molecule has 0 bridgehead atoms. The van der Waals surface area contributed by atoms with E-state index in [9.17, 15) is 9.59 Å². The Labute approximate surface area is 150 Å². The van der Waals surface area contributed by atoms with E-state index in [1.807, 2.05) is 6.92 Å². The van der Waals surface area contributed by atoms with Crippen molar-refractivity contribution in [2.24, 2.45) is 5.92 Å². The summed E-state index contributed by atoms with van der Waals surface area (Å²) in [5, 5.41) is 0. The van der Waals surface area contributed by atoms with Gasteiger partial charge in [0.25, 0.3) is 0 Å². The minimum absolute atomic E-state index is 0.00653. The fourth-order valence-corrected chi connectivity index (χ4v) is 1.82. The molecular weight excluding hydrogens is 302 g/mol. The Balaban J connectivity index is -0.000000635. The Hall–Kier alpha value is -1.19. The van der Waals surface area contributed by atoms with Gasteiger partial charge in [0.2, 0.25) is 11.8 Å². The highest BCUT2D eigenvalue weighted by Crippen LogP contribution is 2.09. The predicted octanol–water partition coefficient (Wildman–Crippen LogP) is 5.39. The largest absolute Gasteiger partial charge is 0.304 e. The lowest BCUT2D eigenvalue weighted by Crippen LogP contribution is -2.37. The molecule has 4 heteroatoms. The number of carbonyl (C=O) groups excluding carboxylic acids is 3. The SMILES string of the molecule is CC=O.CCC.CCCCCCN(C(=O)CC)C(=O)CCC(C)C. The van der Waals surface area contributed by atoms with Crippen molar-refractivity contribution < 1.29 is 14.4 Å². The van der Waals surface area contributed by atoms with Crippen molar-refractivity contribution in [3.63, 3.8) is 0 Å². The van der Waals surface area contributed by atoms with Crippen molar-refractivity contribution in [3.8, 4) is 0 Å². The van der Waals surface area contributed by atoms with Crippen molar-refractivity contribution in [2.75, 3.05) is 6.54 Å². The Bertz CT molecular complexity index is 301. The van der Waals surface area contributed by atoms with Crippen LogP contribution in [0.3, 0.4) is 0 Å². The first-order valence-electron chi connectivity index (χ1n) is 9.58. The standard InChI is InChI=1S/C15H29NO2.C3H8.C2H4O/c1-5-7-8-9-12-16(14(17)6-2)15(18)11-10-13(3)4;1-3-2;1-2-3/h13H,5-12H2,1-4H3;3H2,1-2H3;2H,1H3. The molecule has 0 aromatic carbocycles. The summed E-state index contributed by atoms with van der Waals surface area (Å²) in [7, 11) is 0. The minimum Gasteiger partial charge on any atom is -0.304 e. The van der Waals surface area contributed by atoms with Crippen LogP contribution in [-0.2, 0) is 14.4 Å². The highest BCUT2D eigenvalue weighted by Gasteiger charge is 2.19. The van der Waals surface area contributed by atoms with Crippen LogP contribution in [0.1, 0.15) is 99.8 Å². The van der Waals surface area contributed by atoms with Crippen LogP contribution in [0.25, 0.3) is 0 Å². The van der Waals surface area contributed by atoms with Crippen molar-refractivity contribution in [1.29, 1.82) is 0 Å². The van der Waals surface area contributed by atoms with Crippen LogP contribution >= 0.6 is 0 Å². The number of hydrogen-bond acceptors (Lipinski definition) is 3. The van der Waals surface area contributed by atoms with Crippen LogP contribution in [0.4, 0.5) is 0 Å². The minimum atomic E-state index is -0.0275. The average Bonchev–Trinajstić information content (AvgIpc) is 2.53. The van der Waals surface area contributed by atoms with Crippen LogP contribution in [0.15, 0.2) is 0 Å². The topological polar surface area (TPSA) is 54.5 Å². The molecule has 0 radical (unpaired) electrons. The molecule has 0 aliphatic rings. The van der Waals surface area contributed by atoms with Crippen molar-refractivity contribution in [1.82, 2.24) is 4.90 Å². The Morgan fingerprint density at radius 1 is 0.958 bits per heavy atom. The molecule has 0 saturated heterocycles. The van der Waals surface area contributed by atoms with Gasteiger partial charge in [-0.2, -0.15) is 0 Å². The molecule has 0 fully saturated rings. The molecule has 24 heavy (non-hydrogen) atoms. The van der Waals surface area contributed by atoms with Gasteiger partial charge < -0.3 is 4.79 Å². The molecule has 0 aliphatic carbocycles. The number of amides is 2. The zero-order valence-electron chi connectivity index (χ0n) is 17.2. The number of nitrogens with zero attached hydrogens (tertiary/aromatic N) is 1. The maximum atomic E-state index is 12.0. The monoisotopic (exact) mass is 343 g/mol. The van der Waals surface area contributed by atoms with Crippen LogP contribution in [0.2, 0.25) is 0 Å². The molecule has 0 saturated carbocycles. The van der Waals surface area contributed by atoms with Gasteiger partial charge in [-0.3, -0.25) is 14.5 Å². The van der Waals surface area contributed by atoms with E-state index in [1.54, 1.807) is 0 Å². The summed E-state index contributed by atoms with van der Waals surface area (Å²) in [6.07, 6.45) is 8.16. The highest BCUT2D eigenvalue weighted by atomic mass is 16.2. The summed E-state index contributed by atoms with van der Waals surface area (Å²) in [6.45, 7) is 14.5. The number of unbranched alkanes of at least 4 members (excludes halogenated alkanes) is 3. The first-order valence-corrected chi connectivity index (χ1v) is 9.58. The maximum absolute atomic E-state index is 12.0. The molecule has 0 aliphatic heterocycles. The van der Waals surface area contributed by atoms with Gasteiger partial charge in [-0.15, -0.1) is 0 Å². The lowest BCUT2D eigenvalue weighted by Gasteiger charge is -2.20. The van der Waals surface area contributed by atoms with E-state index in [4.69, 9.17) is 4.79 Å². The van der Waals surface area contributed by atoms with Gasteiger partial charge >= 0.3 is 0 Å². The van der Waals surface area contributed by atoms with Crippen LogP contribution < -0.4 is 0 Å². The van der Waals surface area contributed by atoms with Gasteiger partial charge in [-0.25, -0.2) is 0 Å². The van der Waals surface area contributed by atoms with Crippen molar-refractivity contribution >= 4 is 18.1 Å². The summed E-state index contributed by atoms with van der Waals surface area (Å²) in [6, 6.07) is 0. The fraction of sp³-hybridized carbons (Fsp3) is 0.850. The average molecular weight is 344 g/mol. The molecule has 4 nitrogen and oxygen atoms in total. The molecule has 0 rings (SSSR count). The van der Waals surface area contributed by atoms with Gasteiger partial charge in [0.15, 0.2) is 0 Å². The smallest absolute Gasteiger partial charge is 0.229 e. The molecule has 0 spiro atoms. The third-order valence-electron chi connectivity index (χ3n) is 3.08. The van der Waals surface area contributed by atoms with Crippen molar-refractivity contribution in [2.45, 2.75) is 99.8 Å². The predicted molar refractivity (Wildman–Crippen MR) is 103 cm³/mol. The first-order chi connectivity index (χ1) is 11.4. The number of rotatable bonds is 9. The number of hydrogen-bond donors (Lipinski definition) is 0. The van der Waals surface area contributed by atoms with E-state index in [0.29, 0.717) is 25.3 Å². The van der Waals surface area contributed by atoms with E-state index in [-0.39, 0.29) is 11.8 Å². The van der Waals surface area contributed by atoms with E-state index in [0.717, 1.165) is 25.5 Å². The third-order valence-corrected chi connectivity index (χ3v) is 3.08. The first kappa shape index (κ1) is 27.6. The van der Waals surface area contributed by atoms with Gasteiger partial charge in [-0.1, -0.05) is 67.2 Å². The lowest BCUT2D eigenvalue weighted by atomic mass is 10.1. The molecule has 2 amide bonds. The second kappa shape index (κ2) is 21.8. The quantitative estimate of drug-likeness (QED) is 0.416. The molecule has 0 unspecified atom stereocenters. The van der Waals surface area contributed by atoms with Gasteiger partial charge in [-0.05, 0) is 25.7 Å². The zero-order chi connectivity index (χ0) is 19.4. The number of aldehydes is 1. The van der Waals surface area contributed by atoms with Crippen LogP contribution in [0, 0.1) is 5.92 Å². The van der Waals surface area contributed by atoms with Gasteiger partial charge in [0, 0.05) is 19.4 Å². The molecule has 0 heterocycles. The molecule has 144 valence electrons. The van der Waals surface area contributed by atoms with Gasteiger partial charge in [0.1, 0.15) is 6.29 Å². The summed E-state index contributed by atoms with van der Waals surface area (Å²) in [5.41, 5.74) is 0. The Morgan fingerprint density at radius 2 is 1.46 bits per heavy atom. The second-order valence-corrected chi connectivity index (χ2v) is 6.23. The fourth-order valence-electron chi connectivity index (χ4n) is 1.82. The summed E-state index contributed by atoms with van der Waals surface area (Å²) < 4.78 is 0. The zero-order valence-corrected chi connectivity index (χ0v) is 17.2.